The van der Waals surface area contributed by atoms with Crippen LogP contribution in [0.5, 0.6) is 11.5 Å². The Balaban J connectivity index is 1.68. The van der Waals surface area contributed by atoms with Crippen LogP contribution in [0.1, 0.15) is 44.4 Å². The number of rotatable bonds is 5. The molecule has 2 heterocycles. The number of hydrogen-bond donors (Lipinski definition) is 1. The van der Waals surface area contributed by atoms with Gasteiger partial charge in [0.15, 0.2) is 11.9 Å². The number of nitrogens with two attached hydrogens (primary N) is 1. The van der Waals surface area contributed by atoms with Gasteiger partial charge in [-0.1, -0.05) is 18.2 Å². The molecule has 0 saturated carbocycles. The van der Waals surface area contributed by atoms with Gasteiger partial charge in [-0.05, 0) is 35.9 Å². The van der Waals surface area contributed by atoms with E-state index in [1.54, 1.807) is 54.9 Å². The molecule has 1 aromatic heterocycles. The third-order valence-electron chi connectivity index (χ3n) is 4.58. The second-order valence-electron chi connectivity index (χ2n) is 6.45. The number of ketones is 1. The van der Waals surface area contributed by atoms with Crippen LogP contribution in [0.15, 0.2) is 67.0 Å². The van der Waals surface area contributed by atoms with Gasteiger partial charge in [0.1, 0.15) is 11.5 Å². The Kier molecular flexibility index (Phi) is 4.76. The lowest BCUT2D eigenvalue weighted by atomic mass is 10.0. The van der Waals surface area contributed by atoms with E-state index in [2.05, 4.69) is 4.98 Å². The number of benzene rings is 2. The van der Waals surface area contributed by atoms with Crippen LogP contribution in [0.2, 0.25) is 0 Å². The Labute approximate surface area is 161 Å². The van der Waals surface area contributed by atoms with Gasteiger partial charge in [0, 0.05) is 36.0 Å². The Morgan fingerprint density at radius 2 is 1.93 bits per heavy atom. The minimum absolute atomic E-state index is 0.0682. The Bertz CT molecular complexity index is 1020. The molecule has 3 aromatic rings. The number of ether oxygens (including phenoxy) is 2. The topological polar surface area (TPSA) is 91.5 Å². The van der Waals surface area contributed by atoms with Gasteiger partial charge in [-0.25, -0.2) is 0 Å². The van der Waals surface area contributed by atoms with E-state index in [1.165, 1.54) is 0 Å². The van der Waals surface area contributed by atoms with Crippen LogP contribution in [0, 0.1) is 0 Å². The summed E-state index contributed by atoms with van der Waals surface area (Å²) >= 11 is 0. The molecular formula is C22H18N2O4. The Morgan fingerprint density at radius 1 is 1.11 bits per heavy atom. The summed E-state index contributed by atoms with van der Waals surface area (Å²) in [5.74, 6) is 0.685. The van der Waals surface area contributed by atoms with E-state index in [0.717, 1.165) is 11.1 Å². The average Bonchev–Trinajstić information content (AvgIpc) is 2.73. The number of pyridine rings is 1. The summed E-state index contributed by atoms with van der Waals surface area (Å²) in [6, 6.07) is 15.9. The number of aromatic nitrogens is 1. The summed E-state index contributed by atoms with van der Waals surface area (Å²) in [6.45, 7) is 0.371. The summed E-state index contributed by atoms with van der Waals surface area (Å²) in [4.78, 5) is 27.5. The summed E-state index contributed by atoms with van der Waals surface area (Å²) in [7, 11) is 0. The van der Waals surface area contributed by atoms with Crippen molar-refractivity contribution < 1.29 is 19.1 Å². The van der Waals surface area contributed by atoms with Crippen LogP contribution in [0.3, 0.4) is 0 Å². The van der Waals surface area contributed by atoms with Crippen LogP contribution in [0.4, 0.5) is 0 Å². The molecule has 0 fully saturated rings. The minimum Gasteiger partial charge on any atom is -0.492 e. The zero-order chi connectivity index (χ0) is 19.5. The predicted molar refractivity (Wildman–Crippen MR) is 103 cm³/mol. The fourth-order valence-corrected chi connectivity index (χ4v) is 3.13. The lowest BCUT2D eigenvalue weighted by Gasteiger charge is -2.22. The van der Waals surface area contributed by atoms with Gasteiger partial charge in [-0.2, -0.15) is 0 Å². The Hall–Kier alpha value is -3.67. The highest BCUT2D eigenvalue weighted by atomic mass is 16.5. The molecule has 0 unspecified atom stereocenters. The average molecular weight is 374 g/mol. The van der Waals surface area contributed by atoms with Crippen molar-refractivity contribution >= 4 is 11.7 Å². The molecule has 2 aromatic carbocycles. The molecular weight excluding hydrogens is 356 g/mol. The molecule has 1 aliphatic rings. The van der Waals surface area contributed by atoms with Gasteiger partial charge < -0.3 is 15.2 Å². The first kappa shape index (κ1) is 17.7. The van der Waals surface area contributed by atoms with Crippen LogP contribution in [-0.2, 0) is 0 Å². The zero-order valence-electron chi connectivity index (χ0n) is 15.0. The zero-order valence-corrected chi connectivity index (χ0v) is 15.0. The smallest absolute Gasteiger partial charge is 0.248 e. The number of carbonyl (C=O) groups excluding carboxylic acids is 2. The first-order chi connectivity index (χ1) is 13.6. The number of primary amides is 1. The van der Waals surface area contributed by atoms with Gasteiger partial charge in [0.25, 0.3) is 0 Å². The summed E-state index contributed by atoms with van der Waals surface area (Å²) in [5, 5.41) is 0. The van der Waals surface area contributed by atoms with Crippen molar-refractivity contribution in [3.05, 3.63) is 89.2 Å². The normalized spacial score (nSPS) is 13.9. The largest absolute Gasteiger partial charge is 0.492 e. The summed E-state index contributed by atoms with van der Waals surface area (Å²) in [6.07, 6.45) is 3.35. The number of Topliss-reactive ketones (excluding diaryl/α,β-unsaturated/α-hetero) is 1. The highest BCUT2D eigenvalue weighted by Gasteiger charge is 2.21. The van der Waals surface area contributed by atoms with Crippen molar-refractivity contribution in [3.63, 3.8) is 0 Å². The second-order valence-corrected chi connectivity index (χ2v) is 6.45. The van der Waals surface area contributed by atoms with Crippen molar-refractivity contribution in [3.8, 4) is 11.5 Å². The van der Waals surface area contributed by atoms with Gasteiger partial charge >= 0.3 is 0 Å². The number of hydrogen-bond acceptors (Lipinski definition) is 5. The second kappa shape index (κ2) is 7.52. The highest BCUT2D eigenvalue weighted by Crippen LogP contribution is 2.33. The third kappa shape index (κ3) is 3.57. The molecule has 6 nitrogen and oxygen atoms in total. The minimum atomic E-state index is -0.484. The maximum Gasteiger partial charge on any atom is 0.248 e. The van der Waals surface area contributed by atoms with Gasteiger partial charge in [-0.15, -0.1) is 0 Å². The quantitative estimate of drug-likeness (QED) is 0.740. The van der Waals surface area contributed by atoms with Crippen LogP contribution >= 0.6 is 0 Å². The monoisotopic (exact) mass is 374 g/mol. The van der Waals surface area contributed by atoms with Crippen molar-refractivity contribution in [1.82, 2.24) is 4.98 Å². The predicted octanol–water partition coefficient (Wildman–Crippen LogP) is 3.31. The molecule has 0 radical (unpaired) electrons. The fraction of sp³-hybridized carbons (Fsp3) is 0.136. The maximum atomic E-state index is 12.0. The number of carbonyl (C=O) groups is 2. The van der Waals surface area contributed by atoms with E-state index in [0.29, 0.717) is 35.7 Å². The lowest BCUT2D eigenvalue weighted by molar-refractivity contribution is 0.0932. The molecule has 1 amide bonds. The van der Waals surface area contributed by atoms with Crippen molar-refractivity contribution in [2.24, 2.45) is 5.73 Å². The number of fused-ring (bicyclic) bond motifs is 1. The van der Waals surface area contributed by atoms with Crippen molar-refractivity contribution in [1.29, 1.82) is 0 Å². The maximum absolute atomic E-state index is 12.0. The molecule has 1 atom stereocenters. The molecule has 2 N–H and O–H groups in total. The number of nitrogens with zero attached hydrogens (tertiary/aromatic N) is 1. The van der Waals surface area contributed by atoms with E-state index in [9.17, 15) is 9.59 Å². The van der Waals surface area contributed by atoms with Crippen LogP contribution in [0.25, 0.3) is 0 Å². The first-order valence-corrected chi connectivity index (χ1v) is 8.88. The molecule has 6 heteroatoms. The molecule has 0 saturated heterocycles. The molecule has 4 rings (SSSR count). The molecule has 28 heavy (non-hydrogen) atoms. The van der Waals surface area contributed by atoms with Crippen LogP contribution in [-0.4, -0.2) is 23.3 Å². The van der Waals surface area contributed by atoms with Crippen molar-refractivity contribution in [2.75, 3.05) is 6.61 Å². The van der Waals surface area contributed by atoms with Gasteiger partial charge in [-0.3, -0.25) is 14.6 Å². The lowest BCUT2D eigenvalue weighted by Crippen LogP contribution is -2.16. The fourth-order valence-electron chi connectivity index (χ4n) is 3.13. The van der Waals surface area contributed by atoms with Crippen LogP contribution < -0.4 is 15.2 Å². The van der Waals surface area contributed by atoms with Crippen molar-refractivity contribution in [2.45, 2.75) is 12.5 Å². The molecule has 1 aliphatic heterocycles. The highest BCUT2D eigenvalue weighted by molar-refractivity contribution is 5.99. The number of amides is 1. The third-order valence-corrected chi connectivity index (χ3v) is 4.58. The molecule has 140 valence electrons. The standard InChI is InChI=1S/C22H18N2O4/c23-22(26)15-5-3-14(4-6-15)21(16-2-1-10-24-13-16)28-17-7-8-18-19(25)9-11-27-20(18)12-17/h1-8,10,12-13,21H,9,11H2,(H2,23,26)/t21-/m0/s1. The SMILES string of the molecule is NC(=O)c1ccc([C@H](Oc2ccc3c(c2)OCCC3=O)c2cccnc2)cc1. The summed E-state index contributed by atoms with van der Waals surface area (Å²) in [5.41, 5.74) is 8.02. The van der Waals surface area contributed by atoms with Gasteiger partial charge in [0.05, 0.1) is 12.2 Å². The summed E-state index contributed by atoms with van der Waals surface area (Å²) < 4.78 is 11.8. The van der Waals surface area contributed by atoms with E-state index in [1.807, 2.05) is 12.1 Å². The van der Waals surface area contributed by atoms with E-state index < -0.39 is 12.0 Å². The molecule has 0 spiro atoms. The first-order valence-electron chi connectivity index (χ1n) is 8.88. The van der Waals surface area contributed by atoms with E-state index >= 15 is 0 Å². The molecule has 0 bridgehead atoms. The van der Waals surface area contributed by atoms with E-state index in [-0.39, 0.29) is 5.78 Å². The molecule has 0 aliphatic carbocycles. The van der Waals surface area contributed by atoms with E-state index in [4.69, 9.17) is 15.2 Å². The Morgan fingerprint density at radius 3 is 2.64 bits per heavy atom. The van der Waals surface area contributed by atoms with Gasteiger partial charge in [0.2, 0.25) is 5.91 Å².